The van der Waals surface area contributed by atoms with E-state index in [-0.39, 0.29) is 5.84 Å². The number of anilines is 3. The molecule has 0 saturated carbocycles. The molecule has 0 bridgehead atoms. The molecule has 10 N–H and O–H groups in total. The van der Waals surface area contributed by atoms with Gasteiger partial charge < -0.3 is 32.6 Å². The number of amidine groups is 1. The summed E-state index contributed by atoms with van der Waals surface area (Å²) < 4.78 is 7.71. The molecule has 1 unspecified atom stereocenters. The standard InChI is InChI=1S/C21H29IN11OP/c1-11(23)8-9-16(24)29-17-10-15(18-21(30-17)33(35-22)12(2)27-18)28-14-7-5-6-13(19(14)34-4)20(25)31-32(3)26/h5-10,35H,23-24,26H2,1-4H3,(H2,25,31)(H2,28,29,30)/b11-8-,16-9+. The van der Waals surface area contributed by atoms with E-state index in [4.69, 9.17) is 37.7 Å². The Bertz CT molecular complexity index is 1310. The predicted molar refractivity (Wildman–Crippen MR) is 153 cm³/mol. The number of hydrazine groups is 1. The van der Waals surface area contributed by atoms with Crippen molar-refractivity contribution in [1.29, 1.82) is 0 Å². The number of aryl methyl sites for hydroxylation is 1. The molecule has 0 aliphatic carbocycles. The van der Waals surface area contributed by atoms with Gasteiger partial charge in [0.2, 0.25) is 0 Å². The third kappa shape index (κ3) is 6.24. The summed E-state index contributed by atoms with van der Waals surface area (Å²) in [5.41, 5.74) is 22.0. The Labute approximate surface area is 218 Å². The van der Waals surface area contributed by atoms with Crippen LogP contribution in [0.5, 0.6) is 5.75 Å². The molecule has 12 nitrogen and oxygen atoms in total. The molecule has 0 fully saturated rings. The van der Waals surface area contributed by atoms with Crippen molar-refractivity contribution in [1.82, 2.24) is 19.4 Å². The van der Waals surface area contributed by atoms with E-state index in [0.717, 1.165) is 10.9 Å². The number of halogens is 1. The second kappa shape index (κ2) is 11.4. The summed E-state index contributed by atoms with van der Waals surface area (Å²) in [6, 6.07) is 7.34. The Morgan fingerprint density at radius 2 is 1.97 bits per heavy atom. The lowest BCUT2D eigenvalue weighted by molar-refractivity contribution is 0.371. The van der Waals surface area contributed by atoms with Crippen LogP contribution in [0, 0.1) is 6.92 Å². The summed E-state index contributed by atoms with van der Waals surface area (Å²) in [7, 11) is 3.15. The summed E-state index contributed by atoms with van der Waals surface area (Å²) >= 11 is 2.30. The molecule has 3 rings (SSSR count). The number of nitrogens with two attached hydrogens (primary N) is 4. The monoisotopic (exact) mass is 609 g/mol. The van der Waals surface area contributed by atoms with E-state index >= 15 is 0 Å². The van der Waals surface area contributed by atoms with Gasteiger partial charge in [0.15, 0.2) is 17.2 Å². The first-order valence-corrected chi connectivity index (χ1v) is 14.4. The Morgan fingerprint density at radius 3 is 2.60 bits per heavy atom. The molecule has 0 aliphatic rings. The van der Waals surface area contributed by atoms with Gasteiger partial charge in [-0.3, -0.25) is 4.34 Å². The lowest BCUT2D eigenvalue weighted by Gasteiger charge is -2.16. The van der Waals surface area contributed by atoms with E-state index in [0.29, 0.717) is 57.6 Å². The molecular formula is C21H29IN11OP. The van der Waals surface area contributed by atoms with Gasteiger partial charge in [-0.05, 0) is 60.2 Å². The van der Waals surface area contributed by atoms with Gasteiger partial charge in [-0.15, -0.1) is 5.10 Å². The first kappa shape index (κ1) is 26.3. The quantitative estimate of drug-likeness (QED) is 0.0401. The zero-order valence-electron chi connectivity index (χ0n) is 19.8. The van der Waals surface area contributed by atoms with Crippen LogP contribution >= 0.6 is 28.4 Å². The molecule has 35 heavy (non-hydrogen) atoms. The van der Waals surface area contributed by atoms with Crippen LogP contribution in [0.3, 0.4) is 0 Å². The summed E-state index contributed by atoms with van der Waals surface area (Å²) in [6.45, 7) is 3.72. The number of hydrazone groups is 1. The smallest absolute Gasteiger partial charge is 0.168 e. The van der Waals surface area contributed by atoms with Crippen molar-refractivity contribution >= 4 is 62.6 Å². The van der Waals surface area contributed by atoms with Gasteiger partial charge in [-0.2, -0.15) is 0 Å². The van der Waals surface area contributed by atoms with Gasteiger partial charge in [-0.1, -0.05) is 6.07 Å². The number of para-hydroxylation sites is 1. The predicted octanol–water partition coefficient (Wildman–Crippen LogP) is 2.78. The molecule has 0 spiro atoms. The van der Waals surface area contributed by atoms with Crippen LogP contribution in [0.1, 0.15) is 18.3 Å². The van der Waals surface area contributed by atoms with Crippen LogP contribution in [0.25, 0.3) is 11.2 Å². The largest absolute Gasteiger partial charge is 0.494 e. The molecule has 0 radical (unpaired) electrons. The van der Waals surface area contributed by atoms with Gasteiger partial charge >= 0.3 is 0 Å². The Kier molecular flexibility index (Phi) is 8.59. The summed E-state index contributed by atoms with van der Waals surface area (Å²) in [6.07, 6.45) is 3.80. The minimum Gasteiger partial charge on any atom is -0.494 e. The number of hydrogen-bond acceptors (Lipinski definition) is 10. The Morgan fingerprint density at radius 1 is 1.23 bits per heavy atom. The molecule has 2 heterocycles. The van der Waals surface area contributed by atoms with Crippen LogP contribution in [0.4, 0.5) is 17.2 Å². The Balaban J connectivity index is 2.13. The Hall–Kier alpha value is -3.29. The minimum absolute atomic E-state index is 0.213. The number of fused-ring (bicyclic) bond motifs is 1. The number of pyridine rings is 1. The molecular weight excluding hydrogens is 580 g/mol. The van der Waals surface area contributed by atoms with Gasteiger partial charge in [-0.25, -0.2) is 20.9 Å². The van der Waals surface area contributed by atoms with Gasteiger partial charge in [0.25, 0.3) is 0 Å². The highest BCUT2D eigenvalue weighted by atomic mass is 127. The van der Waals surface area contributed by atoms with Crippen molar-refractivity contribution in [2.24, 2.45) is 28.1 Å². The molecule has 1 aromatic carbocycles. The summed E-state index contributed by atoms with van der Waals surface area (Å²) in [5, 5.41) is 11.8. The number of imidazole rings is 1. The number of nitrogens with one attached hydrogen (secondary N) is 2. The molecule has 2 aromatic heterocycles. The van der Waals surface area contributed by atoms with E-state index in [1.54, 1.807) is 39.3 Å². The zero-order chi connectivity index (χ0) is 25.7. The molecule has 14 heteroatoms. The first-order valence-electron chi connectivity index (χ1n) is 10.3. The van der Waals surface area contributed by atoms with Gasteiger partial charge in [0, 0.05) is 18.8 Å². The number of allylic oxidation sites excluding steroid dienone is 3. The highest BCUT2D eigenvalue weighted by molar-refractivity contribution is 14.2. The van der Waals surface area contributed by atoms with Crippen molar-refractivity contribution in [2.45, 2.75) is 13.8 Å². The van der Waals surface area contributed by atoms with Crippen molar-refractivity contribution in [3.8, 4) is 5.75 Å². The van der Waals surface area contributed by atoms with Gasteiger partial charge in [0.1, 0.15) is 23.0 Å². The number of nitrogens with zero attached hydrogens (tertiary/aromatic N) is 5. The number of hydrogen-bond donors (Lipinski definition) is 6. The highest BCUT2D eigenvalue weighted by Crippen LogP contribution is 2.37. The fraction of sp³-hybridized carbons (Fsp3) is 0.190. The second-order valence-corrected chi connectivity index (χ2v) is 9.60. The van der Waals surface area contributed by atoms with E-state index in [1.165, 1.54) is 0 Å². The third-order valence-electron chi connectivity index (χ3n) is 4.70. The van der Waals surface area contributed by atoms with Crippen LogP contribution in [-0.2, 0) is 0 Å². The van der Waals surface area contributed by atoms with Crippen LogP contribution in [0.2, 0.25) is 0 Å². The van der Waals surface area contributed by atoms with E-state index in [2.05, 4.69) is 37.8 Å². The fourth-order valence-electron chi connectivity index (χ4n) is 3.25. The molecule has 0 amide bonds. The van der Waals surface area contributed by atoms with Crippen molar-refractivity contribution < 1.29 is 4.74 Å². The topological polar surface area (TPSA) is 184 Å². The number of methoxy groups -OCH3 is 1. The summed E-state index contributed by atoms with van der Waals surface area (Å²) in [5.74, 6) is 8.12. The number of aromatic nitrogens is 3. The summed E-state index contributed by atoms with van der Waals surface area (Å²) in [4.78, 5) is 9.49. The van der Waals surface area contributed by atoms with Crippen molar-refractivity contribution in [2.75, 3.05) is 24.8 Å². The van der Waals surface area contributed by atoms with Crippen LogP contribution < -0.4 is 38.4 Å². The van der Waals surface area contributed by atoms with E-state index < -0.39 is 0 Å². The SMILES string of the molecule is COc1c(Nc2cc(N/C(N)=C/C=C(/C)N)nc3c2nc(C)n3PI)cccc1/C(N)=N/N(C)N. The maximum Gasteiger partial charge on any atom is 0.168 e. The van der Waals surface area contributed by atoms with Crippen molar-refractivity contribution in [3.63, 3.8) is 0 Å². The van der Waals surface area contributed by atoms with Crippen molar-refractivity contribution in [3.05, 3.63) is 59.3 Å². The van der Waals surface area contributed by atoms with E-state index in [1.807, 2.05) is 29.5 Å². The third-order valence-corrected chi connectivity index (χ3v) is 6.85. The maximum absolute atomic E-state index is 6.15. The molecule has 0 aliphatic heterocycles. The van der Waals surface area contributed by atoms with Crippen LogP contribution in [0.15, 0.2) is 53.0 Å². The molecule has 0 saturated heterocycles. The first-order chi connectivity index (χ1) is 16.6. The molecule has 186 valence electrons. The number of rotatable bonds is 9. The van der Waals surface area contributed by atoms with Gasteiger partial charge in [0.05, 0.1) is 30.4 Å². The fourth-order valence-corrected chi connectivity index (χ4v) is 5.39. The molecule has 3 aromatic rings. The second-order valence-electron chi connectivity index (χ2n) is 7.53. The lowest BCUT2D eigenvalue weighted by Crippen LogP contribution is -2.26. The molecule has 1 atom stereocenters. The average Bonchev–Trinajstić information content (AvgIpc) is 3.12. The normalized spacial score (nSPS) is 13.0. The van der Waals surface area contributed by atoms with Crippen LogP contribution in [-0.4, -0.2) is 39.4 Å². The average molecular weight is 609 g/mol. The maximum atomic E-state index is 6.15. The number of benzene rings is 1. The zero-order valence-corrected chi connectivity index (χ0v) is 23.0. The van der Waals surface area contributed by atoms with E-state index in [9.17, 15) is 0 Å². The lowest BCUT2D eigenvalue weighted by atomic mass is 10.1. The minimum atomic E-state index is 0.213. The number of ether oxygens (including phenoxy) is 1. The highest BCUT2D eigenvalue weighted by Gasteiger charge is 2.18.